The maximum Gasteiger partial charge on any atom is 0.253 e. The van der Waals surface area contributed by atoms with E-state index in [0.717, 1.165) is 24.3 Å². The average molecular weight is 589 g/mol. The molecule has 0 bridgehead atoms. The Hall–Kier alpha value is -4.41. The first-order chi connectivity index (χ1) is 19.7. The molecule has 42 heavy (non-hydrogen) atoms. The number of hydrogen-bond donors (Lipinski definition) is 3. The van der Waals surface area contributed by atoms with E-state index in [-0.39, 0.29) is 23.4 Å². The zero-order valence-electron chi connectivity index (χ0n) is 24.3. The zero-order valence-corrected chi connectivity index (χ0v) is 24.3. The molecule has 0 unspecified atom stereocenters. The number of nitrogens with one attached hydrogen (secondary N) is 2. The Kier molecular flexibility index (Phi) is 12.1. The highest BCUT2D eigenvalue weighted by molar-refractivity contribution is 5.98. The van der Waals surface area contributed by atoms with Crippen molar-refractivity contribution in [2.24, 2.45) is 11.7 Å². The molecule has 2 aromatic carbocycles. The minimum absolute atomic E-state index is 0.0400. The van der Waals surface area contributed by atoms with E-state index in [1.54, 1.807) is 6.08 Å². The van der Waals surface area contributed by atoms with Crippen molar-refractivity contribution in [3.8, 4) is 11.1 Å². The quantitative estimate of drug-likeness (QED) is 0.201. The van der Waals surface area contributed by atoms with E-state index in [9.17, 15) is 27.6 Å². The molecule has 0 spiro atoms. The van der Waals surface area contributed by atoms with Gasteiger partial charge in [0.05, 0.1) is 23.6 Å². The predicted octanol–water partition coefficient (Wildman–Crippen LogP) is 5.24. The van der Waals surface area contributed by atoms with Crippen molar-refractivity contribution < 1.29 is 31.9 Å². The Morgan fingerprint density at radius 1 is 1.07 bits per heavy atom. The van der Waals surface area contributed by atoms with Gasteiger partial charge in [-0.15, -0.1) is 0 Å². The lowest BCUT2D eigenvalue weighted by Crippen LogP contribution is -2.30. The molecule has 0 radical (unpaired) electrons. The van der Waals surface area contributed by atoms with Crippen LogP contribution in [0.4, 0.5) is 17.6 Å². The van der Waals surface area contributed by atoms with Gasteiger partial charge in [-0.3, -0.25) is 14.4 Å². The number of nitrogens with two attached hydrogens (primary N) is 1. The van der Waals surface area contributed by atoms with Crippen LogP contribution < -0.4 is 16.4 Å². The van der Waals surface area contributed by atoms with Crippen molar-refractivity contribution in [2.45, 2.75) is 46.6 Å². The van der Waals surface area contributed by atoms with Gasteiger partial charge in [-0.2, -0.15) is 0 Å². The molecule has 1 aliphatic heterocycles. The van der Waals surface area contributed by atoms with Crippen LogP contribution in [-0.2, 0) is 14.4 Å². The Morgan fingerprint density at radius 3 is 2.24 bits per heavy atom. The van der Waals surface area contributed by atoms with E-state index in [2.05, 4.69) is 31.1 Å². The number of halogens is 4. The van der Waals surface area contributed by atoms with Gasteiger partial charge in [-0.05, 0) is 73.2 Å². The number of likely N-dealkylation sites (N-methyl/N-ethyl adjacent to an activating group) is 1. The van der Waals surface area contributed by atoms with E-state index in [1.807, 2.05) is 24.2 Å². The van der Waals surface area contributed by atoms with Crippen molar-refractivity contribution in [3.63, 3.8) is 0 Å². The summed E-state index contributed by atoms with van der Waals surface area (Å²) in [5.74, 6) is -5.01. The summed E-state index contributed by atoms with van der Waals surface area (Å²) in [4.78, 5) is 35.6. The van der Waals surface area contributed by atoms with E-state index >= 15 is 4.39 Å². The van der Waals surface area contributed by atoms with Crippen molar-refractivity contribution in [3.05, 3.63) is 94.4 Å². The first-order valence-corrected chi connectivity index (χ1v) is 13.2. The van der Waals surface area contributed by atoms with Crippen LogP contribution >= 0.6 is 0 Å². The molecule has 0 fully saturated rings. The summed E-state index contributed by atoms with van der Waals surface area (Å²) in [6.45, 7) is 11.9. The fourth-order valence-corrected chi connectivity index (χ4v) is 4.40. The van der Waals surface area contributed by atoms with Crippen molar-refractivity contribution in [1.82, 2.24) is 15.5 Å². The standard InChI is InChI=1S/C18H16F4N2O2.C13H20N2O/c1-8-3-10(19)4-9(2)15(8)11-5-12(20)18(22)16(17(11)21)13(24-7-25)6-14(23)26;1-10(2)7-8-14-13(16)12-6-5-9-15(4)11(12)3/h3-5,7,13H,6H2,1-2H3,(H2,23,26)(H,24,25);5-6,9-10H,3,7-8H2,1-2,4H3,(H,14,16)/t13-;/m0./s1. The first kappa shape index (κ1) is 33.8. The number of aryl methyl sites for hydroxylation is 2. The number of carbonyl (C=O) groups is 3. The predicted molar refractivity (Wildman–Crippen MR) is 154 cm³/mol. The highest BCUT2D eigenvalue weighted by Crippen LogP contribution is 2.36. The molecule has 4 N–H and O–H groups in total. The second kappa shape index (κ2) is 15.0. The van der Waals surface area contributed by atoms with Crippen molar-refractivity contribution in [2.75, 3.05) is 13.6 Å². The fourth-order valence-electron chi connectivity index (χ4n) is 4.40. The minimum Gasteiger partial charge on any atom is -0.370 e. The second-order valence-electron chi connectivity index (χ2n) is 10.3. The Morgan fingerprint density at radius 2 is 1.69 bits per heavy atom. The number of hydrogen-bond acceptors (Lipinski definition) is 4. The van der Waals surface area contributed by atoms with Crippen LogP contribution in [-0.4, -0.2) is 36.7 Å². The van der Waals surface area contributed by atoms with Crippen molar-refractivity contribution >= 4 is 18.2 Å². The van der Waals surface area contributed by atoms with Gasteiger partial charge >= 0.3 is 0 Å². The van der Waals surface area contributed by atoms with Crippen LogP contribution in [0.3, 0.4) is 0 Å². The van der Waals surface area contributed by atoms with Crippen LogP contribution in [0.5, 0.6) is 0 Å². The summed E-state index contributed by atoms with van der Waals surface area (Å²) in [5.41, 5.74) is 6.11. The third-order valence-electron chi connectivity index (χ3n) is 6.54. The number of rotatable bonds is 10. The van der Waals surface area contributed by atoms with Crippen molar-refractivity contribution in [1.29, 1.82) is 0 Å². The summed E-state index contributed by atoms with van der Waals surface area (Å²) in [6.07, 6.45) is 6.03. The highest BCUT2D eigenvalue weighted by Gasteiger charge is 2.28. The van der Waals surface area contributed by atoms with Gasteiger partial charge in [-0.25, -0.2) is 17.6 Å². The SMILES string of the molecule is C=C1C(C(=O)NCCC(C)C)=CC=CN1C.Cc1cc(F)cc(C)c1-c1cc(F)c(F)c([C@H](CC(N)=O)NC=O)c1F. The van der Waals surface area contributed by atoms with Crippen LogP contribution in [0, 0.1) is 43.0 Å². The summed E-state index contributed by atoms with van der Waals surface area (Å²) in [7, 11) is 1.88. The largest absolute Gasteiger partial charge is 0.370 e. The molecule has 3 amide bonds. The van der Waals surface area contributed by atoms with Gasteiger partial charge in [-0.1, -0.05) is 20.4 Å². The molecule has 226 valence electrons. The molecule has 1 atom stereocenters. The molecule has 3 rings (SSSR count). The smallest absolute Gasteiger partial charge is 0.253 e. The van der Waals surface area contributed by atoms with Gasteiger partial charge in [0.1, 0.15) is 11.6 Å². The van der Waals surface area contributed by atoms with Crippen LogP contribution in [0.2, 0.25) is 0 Å². The summed E-state index contributed by atoms with van der Waals surface area (Å²) >= 11 is 0. The lowest BCUT2D eigenvalue weighted by Gasteiger charge is -2.22. The van der Waals surface area contributed by atoms with Gasteiger partial charge in [0.15, 0.2) is 11.6 Å². The summed E-state index contributed by atoms with van der Waals surface area (Å²) in [5, 5.41) is 4.97. The molecule has 1 aliphatic rings. The number of amides is 3. The number of carbonyl (C=O) groups excluding carboxylic acids is 3. The normalized spacial score (nSPS) is 13.2. The topological polar surface area (TPSA) is 105 Å². The van der Waals surface area contributed by atoms with E-state index < -0.39 is 47.2 Å². The number of benzene rings is 2. The molecule has 0 saturated carbocycles. The first-order valence-electron chi connectivity index (χ1n) is 13.2. The fraction of sp³-hybridized carbons (Fsp3) is 0.323. The minimum atomic E-state index is -1.54. The number of primary amides is 1. The molecule has 7 nitrogen and oxygen atoms in total. The molecule has 0 aromatic heterocycles. The van der Waals surface area contributed by atoms with Gasteiger partial charge in [0, 0.05) is 31.1 Å². The highest BCUT2D eigenvalue weighted by atomic mass is 19.2. The van der Waals surface area contributed by atoms with E-state index in [0.29, 0.717) is 35.2 Å². The third-order valence-corrected chi connectivity index (χ3v) is 6.54. The molecule has 2 aromatic rings. The Balaban J connectivity index is 0.000000330. The molecular weight excluding hydrogens is 552 g/mol. The summed E-state index contributed by atoms with van der Waals surface area (Å²) in [6, 6.07) is 1.44. The lowest BCUT2D eigenvalue weighted by atomic mass is 9.91. The number of allylic oxidation sites excluding steroid dienone is 2. The van der Waals surface area contributed by atoms with Crippen LogP contribution in [0.15, 0.2) is 54.4 Å². The lowest BCUT2D eigenvalue weighted by molar-refractivity contribution is -0.119. The zero-order chi connectivity index (χ0) is 31.7. The van der Waals surface area contributed by atoms with Crippen LogP contribution in [0.1, 0.15) is 49.4 Å². The Bertz CT molecular complexity index is 1400. The summed E-state index contributed by atoms with van der Waals surface area (Å²) < 4.78 is 57.0. The maximum absolute atomic E-state index is 15.1. The van der Waals surface area contributed by atoms with Crippen LogP contribution in [0.25, 0.3) is 11.1 Å². The Labute approximate surface area is 243 Å². The third kappa shape index (κ3) is 8.55. The second-order valence-corrected chi connectivity index (χ2v) is 10.3. The number of nitrogens with zero attached hydrogens (tertiary/aromatic N) is 1. The van der Waals surface area contributed by atoms with Gasteiger partial charge in [0.2, 0.25) is 12.3 Å². The van der Waals surface area contributed by atoms with Gasteiger partial charge in [0.25, 0.3) is 5.91 Å². The van der Waals surface area contributed by atoms with Gasteiger partial charge < -0.3 is 21.3 Å². The monoisotopic (exact) mass is 588 g/mol. The molecule has 11 heteroatoms. The average Bonchev–Trinajstić information content (AvgIpc) is 2.88. The maximum atomic E-state index is 15.1. The van der Waals surface area contributed by atoms with E-state index in [4.69, 9.17) is 5.73 Å². The van der Waals surface area contributed by atoms with E-state index in [1.165, 1.54) is 13.8 Å². The molecule has 0 saturated heterocycles. The molecule has 0 aliphatic carbocycles. The molecule has 1 heterocycles. The molecular formula is C31H36F4N4O3.